The second-order valence-corrected chi connectivity index (χ2v) is 8.70. The normalized spacial score (nSPS) is 21.8. The van der Waals surface area contributed by atoms with Crippen LogP contribution in [0.25, 0.3) is 0 Å². The van der Waals surface area contributed by atoms with Crippen molar-refractivity contribution in [3.63, 3.8) is 0 Å². The second kappa shape index (κ2) is 10.4. The number of hydrogen-bond donors (Lipinski definition) is 2. The highest BCUT2D eigenvalue weighted by atomic mass is 35.5. The van der Waals surface area contributed by atoms with E-state index in [1.807, 2.05) is 0 Å². The van der Waals surface area contributed by atoms with Crippen LogP contribution in [-0.2, 0) is 9.53 Å². The largest absolute Gasteiger partial charge is 0.475 e. The van der Waals surface area contributed by atoms with E-state index in [0.717, 1.165) is 44.7 Å². The topological polar surface area (TPSA) is 103 Å². The smallest absolute Gasteiger partial charge is 0.255 e. The van der Waals surface area contributed by atoms with Gasteiger partial charge in [-0.15, -0.1) is 0 Å². The van der Waals surface area contributed by atoms with E-state index in [-0.39, 0.29) is 35.7 Å². The third kappa shape index (κ3) is 5.66. The molecule has 11 heteroatoms. The van der Waals surface area contributed by atoms with Crippen LogP contribution in [0.5, 0.6) is 5.88 Å². The maximum absolute atomic E-state index is 14.2. The monoisotopic (exact) mass is 466 g/mol. The molecule has 174 valence electrons. The minimum Gasteiger partial charge on any atom is -0.475 e. The number of rotatable bonds is 7. The fourth-order valence-corrected chi connectivity index (χ4v) is 4.48. The number of nitrogens with zero attached hydrogens (tertiary/aromatic N) is 4. The van der Waals surface area contributed by atoms with Crippen LogP contribution in [-0.4, -0.2) is 51.5 Å². The Morgan fingerprint density at radius 3 is 2.72 bits per heavy atom. The van der Waals surface area contributed by atoms with E-state index in [2.05, 4.69) is 25.7 Å². The summed E-state index contributed by atoms with van der Waals surface area (Å²) in [6.45, 7) is 3.25. The second-order valence-electron chi connectivity index (χ2n) is 8.34. The summed E-state index contributed by atoms with van der Waals surface area (Å²) < 4.78 is 27.1. The van der Waals surface area contributed by atoms with Gasteiger partial charge >= 0.3 is 0 Å². The number of carbonyl (C=O) groups excluding carboxylic acids is 1. The van der Waals surface area contributed by atoms with Gasteiger partial charge in [0.1, 0.15) is 0 Å². The Labute approximate surface area is 191 Å². The Morgan fingerprint density at radius 1 is 1.25 bits per heavy atom. The Hall–Kier alpha value is -2.46. The van der Waals surface area contributed by atoms with Crippen molar-refractivity contribution in [1.29, 1.82) is 0 Å². The zero-order valence-corrected chi connectivity index (χ0v) is 18.8. The fourth-order valence-electron chi connectivity index (χ4n) is 4.21. The SMILES string of the molecule is CC(=O)NC1CCC(COc2nc(Nc3cnn(C4CCOCC4)c3Cl)ncc2F)CC1. The van der Waals surface area contributed by atoms with Gasteiger partial charge in [-0.3, -0.25) is 4.79 Å². The first-order valence-electron chi connectivity index (χ1n) is 11.0. The maximum Gasteiger partial charge on any atom is 0.255 e. The Bertz CT molecular complexity index is 928. The molecule has 1 saturated carbocycles. The fraction of sp³-hybridized carbons (Fsp3) is 0.619. The van der Waals surface area contributed by atoms with Crippen molar-refractivity contribution in [2.45, 2.75) is 57.5 Å². The molecule has 0 aromatic carbocycles. The van der Waals surface area contributed by atoms with Gasteiger partial charge < -0.3 is 20.1 Å². The summed E-state index contributed by atoms with van der Waals surface area (Å²) in [7, 11) is 0. The minimum atomic E-state index is -0.619. The number of aromatic nitrogens is 4. The molecule has 0 bridgehead atoms. The van der Waals surface area contributed by atoms with Crippen molar-refractivity contribution >= 4 is 29.1 Å². The van der Waals surface area contributed by atoms with Crippen molar-refractivity contribution < 1.29 is 18.7 Å². The van der Waals surface area contributed by atoms with E-state index in [0.29, 0.717) is 30.7 Å². The summed E-state index contributed by atoms with van der Waals surface area (Å²) in [6, 6.07) is 0.391. The van der Waals surface area contributed by atoms with E-state index < -0.39 is 5.82 Å². The summed E-state index contributed by atoms with van der Waals surface area (Å²) >= 11 is 6.49. The molecular weight excluding hydrogens is 439 g/mol. The Balaban J connectivity index is 1.34. The van der Waals surface area contributed by atoms with Crippen molar-refractivity contribution in [3.8, 4) is 5.88 Å². The predicted octanol–water partition coefficient (Wildman–Crippen LogP) is 3.63. The van der Waals surface area contributed by atoms with Gasteiger partial charge in [0.05, 0.1) is 30.7 Å². The number of anilines is 2. The molecule has 9 nitrogen and oxygen atoms in total. The number of hydrogen-bond acceptors (Lipinski definition) is 7. The highest BCUT2D eigenvalue weighted by molar-refractivity contribution is 6.32. The van der Waals surface area contributed by atoms with Gasteiger partial charge in [0.15, 0.2) is 5.15 Å². The molecule has 0 atom stereocenters. The summed E-state index contributed by atoms with van der Waals surface area (Å²) in [5, 5.41) is 10.8. The third-order valence-electron chi connectivity index (χ3n) is 5.94. The van der Waals surface area contributed by atoms with Gasteiger partial charge in [0, 0.05) is 26.2 Å². The lowest BCUT2D eigenvalue weighted by atomic mass is 9.86. The zero-order chi connectivity index (χ0) is 22.5. The van der Waals surface area contributed by atoms with E-state index in [1.165, 1.54) is 6.92 Å². The number of amides is 1. The molecule has 1 aliphatic carbocycles. The average molecular weight is 467 g/mol. The van der Waals surface area contributed by atoms with Crippen LogP contribution in [0.1, 0.15) is 51.5 Å². The van der Waals surface area contributed by atoms with Crippen LogP contribution >= 0.6 is 11.6 Å². The van der Waals surface area contributed by atoms with Gasteiger partial charge in [-0.2, -0.15) is 14.5 Å². The molecule has 1 aliphatic heterocycles. The third-order valence-corrected chi connectivity index (χ3v) is 6.32. The van der Waals surface area contributed by atoms with Crippen LogP contribution in [0.2, 0.25) is 5.15 Å². The molecule has 32 heavy (non-hydrogen) atoms. The number of halogens is 2. The molecule has 2 fully saturated rings. The van der Waals surface area contributed by atoms with E-state index in [9.17, 15) is 9.18 Å². The van der Waals surface area contributed by atoms with Gasteiger partial charge in [-0.1, -0.05) is 11.6 Å². The molecule has 2 N–H and O–H groups in total. The molecule has 3 heterocycles. The van der Waals surface area contributed by atoms with E-state index in [1.54, 1.807) is 10.9 Å². The highest BCUT2D eigenvalue weighted by Crippen LogP contribution is 2.31. The van der Waals surface area contributed by atoms with E-state index >= 15 is 0 Å². The molecule has 4 rings (SSSR count). The minimum absolute atomic E-state index is 0.00816. The summed E-state index contributed by atoms with van der Waals surface area (Å²) in [5.74, 6) is -0.251. The lowest BCUT2D eigenvalue weighted by Crippen LogP contribution is -2.37. The number of nitrogens with one attached hydrogen (secondary N) is 2. The summed E-state index contributed by atoms with van der Waals surface area (Å²) in [4.78, 5) is 19.4. The first kappa shape index (κ1) is 22.7. The molecule has 2 aromatic heterocycles. The Morgan fingerprint density at radius 2 is 2.00 bits per heavy atom. The molecule has 0 spiro atoms. The maximum atomic E-state index is 14.2. The predicted molar refractivity (Wildman–Crippen MR) is 117 cm³/mol. The summed E-state index contributed by atoms with van der Waals surface area (Å²) in [5.41, 5.74) is 0.548. The summed E-state index contributed by atoms with van der Waals surface area (Å²) in [6.07, 6.45) is 7.98. The van der Waals surface area contributed by atoms with Gasteiger partial charge in [0.2, 0.25) is 17.7 Å². The van der Waals surface area contributed by atoms with Crippen LogP contribution < -0.4 is 15.4 Å². The van der Waals surface area contributed by atoms with Crippen LogP contribution in [0.4, 0.5) is 16.0 Å². The number of carbonyl (C=O) groups is 1. The number of ether oxygens (including phenoxy) is 2. The van der Waals surface area contributed by atoms with Gasteiger partial charge in [-0.05, 0) is 44.4 Å². The molecule has 1 amide bonds. The molecular formula is C21H28ClFN6O3. The Kier molecular flexibility index (Phi) is 7.41. The van der Waals surface area contributed by atoms with Crippen molar-refractivity contribution in [3.05, 3.63) is 23.4 Å². The first-order chi connectivity index (χ1) is 15.5. The van der Waals surface area contributed by atoms with Crippen molar-refractivity contribution in [1.82, 2.24) is 25.1 Å². The average Bonchev–Trinajstić information content (AvgIpc) is 3.15. The highest BCUT2D eigenvalue weighted by Gasteiger charge is 2.24. The molecule has 0 unspecified atom stereocenters. The van der Waals surface area contributed by atoms with Crippen molar-refractivity contribution in [2.75, 3.05) is 25.1 Å². The van der Waals surface area contributed by atoms with Crippen LogP contribution in [0, 0.1) is 11.7 Å². The standard InChI is InChI=1S/C21H28ClFN6O3/c1-13(30)26-15-4-2-14(3-5-15)12-32-20-17(23)10-24-21(28-20)27-18-11-25-29(19(18)22)16-6-8-31-9-7-16/h10-11,14-16H,2-9,12H2,1H3,(H,26,30)(H,24,27,28). The quantitative estimate of drug-likeness (QED) is 0.642. The lowest BCUT2D eigenvalue weighted by molar-refractivity contribution is -0.119. The van der Waals surface area contributed by atoms with Gasteiger partial charge in [-0.25, -0.2) is 9.67 Å². The molecule has 0 radical (unpaired) electrons. The van der Waals surface area contributed by atoms with E-state index in [4.69, 9.17) is 21.1 Å². The van der Waals surface area contributed by atoms with Gasteiger partial charge in [0.25, 0.3) is 5.88 Å². The molecule has 2 aliphatic rings. The zero-order valence-electron chi connectivity index (χ0n) is 18.0. The van der Waals surface area contributed by atoms with Crippen molar-refractivity contribution in [2.24, 2.45) is 5.92 Å². The molecule has 2 aromatic rings. The lowest BCUT2D eigenvalue weighted by Gasteiger charge is -2.28. The molecule has 1 saturated heterocycles. The van der Waals surface area contributed by atoms with Crippen LogP contribution in [0.3, 0.4) is 0 Å². The first-order valence-corrected chi connectivity index (χ1v) is 11.4. The van der Waals surface area contributed by atoms with Crippen LogP contribution in [0.15, 0.2) is 12.4 Å².